The van der Waals surface area contributed by atoms with Crippen molar-refractivity contribution in [3.05, 3.63) is 47.3 Å². The van der Waals surface area contributed by atoms with E-state index in [9.17, 15) is 4.79 Å². The standard InChI is InChI=1S/C20H26N4O2/c1-14-3-7-21-12-18(14)20(25)23-8-4-17(13-23)24-15(2)11-22-19(24)16-5-9-26-10-6-16/h3,7,11-12,16-17H,4-6,8-10,13H2,1-2H3. The van der Waals surface area contributed by atoms with Crippen LogP contribution in [-0.4, -0.2) is 51.6 Å². The molecule has 1 unspecified atom stereocenters. The van der Waals surface area contributed by atoms with Gasteiger partial charge in [-0.1, -0.05) is 0 Å². The van der Waals surface area contributed by atoms with Gasteiger partial charge in [-0.2, -0.15) is 0 Å². The molecule has 1 atom stereocenters. The Labute approximate surface area is 154 Å². The van der Waals surface area contributed by atoms with Crippen LogP contribution in [0.4, 0.5) is 0 Å². The minimum atomic E-state index is 0.0866. The van der Waals surface area contributed by atoms with E-state index >= 15 is 0 Å². The van der Waals surface area contributed by atoms with Crippen LogP contribution in [0.1, 0.15) is 58.7 Å². The fourth-order valence-electron chi connectivity index (χ4n) is 4.19. The predicted molar refractivity (Wildman–Crippen MR) is 98.3 cm³/mol. The van der Waals surface area contributed by atoms with Crippen molar-refractivity contribution in [2.24, 2.45) is 0 Å². The van der Waals surface area contributed by atoms with E-state index in [1.54, 1.807) is 12.4 Å². The summed E-state index contributed by atoms with van der Waals surface area (Å²) < 4.78 is 7.88. The summed E-state index contributed by atoms with van der Waals surface area (Å²) in [5.74, 6) is 1.72. The van der Waals surface area contributed by atoms with Gasteiger partial charge in [0.05, 0.1) is 11.6 Å². The molecule has 0 radical (unpaired) electrons. The molecule has 0 aliphatic carbocycles. The Morgan fingerprint density at radius 1 is 1.19 bits per heavy atom. The lowest BCUT2D eigenvalue weighted by atomic mass is 9.99. The van der Waals surface area contributed by atoms with Gasteiger partial charge in [0.25, 0.3) is 5.91 Å². The largest absolute Gasteiger partial charge is 0.381 e. The third kappa shape index (κ3) is 3.14. The second kappa shape index (κ2) is 7.19. The molecule has 4 rings (SSSR count). The van der Waals surface area contributed by atoms with Crippen molar-refractivity contribution in [2.75, 3.05) is 26.3 Å². The average molecular weight is 354 g/mol. The number of carbonyl (C=O) groups excluding carboxylic acids is 1. The monoisotopic (exact) mass is 354 g/mol. The van der Waals surface area contributed by atoms with E-state index in [0.29, 0.717) is 17.5 Å². The van der Waals surface area contributed by atoms with E-state index in [4.69, 9.17) is 9.72 Å². The summed E-state index contributed by atoms with van der Waals surface area (Å²) in [7, 11) is 0. The van der Waals surface area contributed by atoms with Crippen molar-refractivity contribution in [1.82, 2.24) is 19.4 Å². The maximum Gasteiger partial charge on any atom is 0.255 e. The Balaban J connectivity index is 1.53. The molecule has 26 heavy (non-hydrogen) atoms. The molecule has 0 saturated carbocycles. The van der Waals surface area contributed by atoms with Gasteiger partial charge in [-0.25, -0.2) is 4.98 Å². The van der Waals surface area contributed by atoms with Crippen molar-refractivity contribution >= 4 is 5.91 Å². The van der Waals surface area contributed by atoms with Gasteiger partial charge >= 0.3 is 0 Å². The number of imidazole rings is 1. The lowest BCUT2D eigenvalue weighted by molar-refractivity contribution is 0.0783. The number of amides is 1. The summed E-state index contributed by atoms with van der Waals surface area (Å²) in [5, 5.41) is 0. The highest BCUT2D eigenvalue weighted by Crippen LogP contribution is 2.32. The molecule has 0 N–H and O–H groups in total. The molecular formula is C20H26N4O2. The van der Waals surface area contributed by atoms with Gasteiger partial charge in [0.15, 0.2) is 0 Å². The quantitative estimate of drug-likeness (QED) is 0.850. The number of ether oxygens (including phenoxy) is 1. The molecule has 0 spiro atoms. The van der Waals surface area contributed by atoms with Crippen molar-refractivity contribution < 1.29 is 9.53 Å². The number of hydrogen-bond acceptors (Lipinski definition) is 4. The average Bonchev–Trinajstić information content (AvgIpc) is 3.29. The zero-order chi connectivity index (χ0) is 18.1. The van der Waals surface area contributed by atoms with E-state index in [1.807, 2.05) is 24.1 Å². The maximum atomic E-state index is 12.9. The van der Waals surface area contributed by atoms with Crippen LogP contribution in [0.5, 0.6) is 0 Å². The minimum absolute atomic E-state index is 0.0866. The molecule has 2 aromatic heterocycles. The summed E-state index contributed by atoms with van der Waals surface area (Å²) in [6.07, 6.45) is 8.41. The first kappa shape index (κ1) is 17.2. The van der Waals surface area contributed by atoms with Gasteiger partial charge in [-0.3, -0.25) is 9.78 Å². The molecule has 2 saturated heterocycles. The number of hydrogen-bond donors (Lipinski definition) is 0. The lowest BCUT2D eigenvalue weighted by Gasteiger charge is -2.26. The van der Waals surface area contributed by atoms with Gasteiger partial charge in [0, 0.05) is 56.5 Å². The maximum absolute atomic E-state index is 12.9. The van der Waals surface area contributed by atoms with E-state index < -0.39 is 0 Å². The van der Waals surface area contributed by atoms with Gasteiger partial charge in [0.2, 0.25) is 0 Å². The third-order valence-corrected chi connectivity index (χ3v) is 5.68. The zero-order valence-electron chi connectivity index (χ0n) is 15.5. The summed E-state index contributed by atoms with van der Waals surface area (Å²) >= 11 is 0. The highest BCUT2D eigenvalue weighted by atomic mass is 16.5. The van der Waals surface area contributed by atoms with Crippen LogP contribution in [-0.2, 0) is 4.74 Å². The first-order valence-electron chi connectivity index (χ1n) is 9.46. The zero-order valence-corrected chi connectivity index (χ0v) is 15.5. The second-order valence-electron chi connectivity index (χ2n) is 7.40. The van der Waals surface area contributed by atoms with E-state index in [0.717, 1.165) is 51.1 Å². The van der Waals surface area contributed by atoms with Gasteiger partial charge in [0.1, 0.15) is 5.82 Å². The SMILES string of the molecule is Cc1ccncc1C(=O)N1CCC(n2c(C)cnc2C2CCOCC2)C1. The van der Waals surface area contributed by atoms with Crippen molar-refractivity contribution in [1.29, 1.82) is 0 Å². The number of aryl methyl sites for hydroxylation is 2. The molecule has 1 amide bonds. The Hall–Kier alpha value is -2.21. The van der Waals surface area contributed by atoms with Gasteiger partial charge < -0.3 is 14.2 Å². The molecule has 2 aliphatic heterocycles. The first-order chi connectivity index (χ1) is 12.6. The number of likely N-dealkylation sites (tertiary alicyclic amines) is 1. The number of aromatic nitrogens is 3. The predicted octanol–water partition coefficient (Wildman–Crippen LogP) is 2.88. The number of rotatable bonds is 3. The molecule has 0 bridgehead atoms. The number of carbonyl (C=O) groups is 1. The van der Waals surface area contributed by atoms with Gasteiger partial charge in [-0.05, 0) is 44.7 Å². The van der Waals surface area contributed by atoms with E-state index in [2.05, 4.69) is 16.5 Å². The topological polar surface area (TPSA) is 60.2 Å². The fourth-order valence-corrected chi connectivity index (χ4v) is 4.19. The smallest absolute Gasteiger partial charge is 0.255 e. The Bertz CT molecular complexity index is 795. The molecule has 2 aliphatic rings. The van der Waals surface area contributed by atoms with Gasteiger partial charge in [-0.15, -0.1) is 0 Å². The van der Waals surface area contributed by atoms with Crippen molar-refractivity contribution in [2.45, 2.75) is 45.1 Å². The Kier molecular flexibility index (Phi) is 4.76. The highest BCUT2D eigenvalue weighted by molar-refractivity contribution is 5.95. The van der Waals surface area contributed by atoms with E-state index in [1.165, 1.54) is 11.5 Å². The van der Waals surface area contributed by atoms with Crippen molar-refractivity contribution in [3.63, 3.8) is 0 Å². The molecule has 6 nitrogen and oxygen atoms in total. The number of pyridine rings is 1. The van der Waals surface area contributed by atoms with Crippen LogP contribution >= 0.6 is 0 Å². The molecule has 138 valence electrons. The third-order valence-electron chi connectivity index (χ3n) is 5.68. The second-order valence-corrected chi connectivity index (χ2v) is 7.40. The lowest BCUT2D eigenvalue weighted by Crippen LogP contribution is -2.30. The van der Waals surface area contributed by atoms with Crippen LogP contribution in [0.15, 0.2) is 24.7 Å². The van der Waals surface area contributed by atoms with E-state index in [-0.39, 0.29) is 5.91 Å². The molecule has 6 heteroatoms. The molecule has 0 aromatic carbocycles. The fraction of sp³-hybridized carbons (Fsp3) is 0.550. The van der Waals surface area contributed by atoms with Crippen LogP contribution in [0.2, 0.25) is 0 Å². The van der Waals surface area contributed by atoms with Crippen LogP contribution < -0.4 is 0 Å². The summed E-state index contributed by atoms with van der Waals surface area (Å²) in [6.45, 7) is 7.22. The number of nitrogens with zero attached hydrogens (tertiary/aromatic N) is 4. The molecular weight excluding hydrogens is 328 g/mol. The Morgan fingerprint density at radius 3 is 2.77 bits per heavy atom. The summed E-state index contributed by atoms with van der Waals surface area (Å²) in [5.41, 5.74) is 2.87. The molecule has 2 aromatic rings. The minimum Gasteiger partial charge on any atom is -0.381 e. The first-order valence-corrected chi connectivity index (χ1v) is 9.46. The van der Waals surface area contributed by atoms with Crippen LogP contribution in [0.3, 0.4) is 0 Å². The Morgan fingerprint density at radius 2 is 2.00 bits per heavy atom. The molecule has 4 heterocycles. The highest BCUT2D eigenvalue weighted by Gasteiger charge is 2.32. The summed E-state index contributed by atoms with van der Waals surface area (Å²) in [6, 6.07) is 2.20. The normalized spacial score (nSPS) is 21.3. The molecule has 2 fully saturated rings. The van der Waals surface area contributed by atoms with Crippen molar-refractivity contribution in [3.8, 4) is 0 Å². The summed E-state index contributed by atoms with van der Waals surface area (Å²) in [4.78, 5) is 23.7. The van der Waals surface area contributed by atoms with Crippen LogP contribution in [0.25, 0.3) is 0 Å². The van der Waals surface area contributed by atoms with Crippen LogP contribution in [0, 0.1) is 13.8 Å².